The summed E-state index contributed by atoms with van der Waals surface area (Å²) in [5.74, 6) is 1.75. The number of carbonyl (C=O) groups excluding carboxylic acids is 1. The highest BCUT2D eigenvalue weighted by Gasteiger charge is 2.30. The monoisotopic (exact) mass is 384 g/mol. The van der Waals surface area contributed by atoms with E-state index in [0.29, 0.717) is 5.92 Å². The molecule has 0 unspecified atom stereocenters. The second-order valence-electron chi connectivity index (χ2n) is 9.26. The zero-order chi connectivity index (χ0) is 19.8. The first-order valence-electron chi connectivity index (χ1n) is 12.0. The molecule has 0 atom stereocenters. The van der Waals surface area contributed by atoms with Gasteiger partial charge in [-0.1, -0.05) is 57.4 Å². The van der Waals surface area contributed by atoms with Crippen molar-refractivity contribution in [1.29, 1.82) is 0 Å². The number of hydrogen-bond donors (Lipinski definition) is 0. The van der Waals surface area contributed by atoms with E-state index in [1.807, 2.05) is 0 Å². The molecule has 0 bridgehead atoms. The van der Waals surface area contributed by atoms with Gasteiger partial charge in [-0.2, -0.15) is 0 Å². The number of ether oxygens (including phenoxy) is 1. The summed E-state index contributed by atoms with van der Waals surface area (Å²) in [4.78, 5) is 12.6. The molecular formula is C26H40O2. The predicted molar refractivity (Wildman–Crippen MR) is 116 cm³/mol. The molecule has 2 nitrogen and oxygen atoms in total. The molecule has 0 radical (unpaired) electrons. The van der Waals surface area contributed by atoms with E-state index in [1.165, 1.54) is 56.1 Å². The summed E-state index contributed by atoms with van der Waals surface area (Å²) >= 11 is 0. The van der Waals surface area contributed by atoms with Crippen LogP contribution in [0.5, 0.6) is 0 Å². The summed E-state index contributed by atoms with van der Waals surface area (Å²) < 4.78 is 5.93. The van der Waals surface area contributed by atoms with E-state index in [0.717, 1.165) is 44.4 Å². The van der Waals surface area contributed by atoms with Crippen LogP contribution in [0.1, 0.15) is 108 Å². The van der Waals surface area contributed by atoms with E-state index >= 15 is 0 Å². The maximum atomic E-state index is 12.6. The summed E-state index contributed by atoms with van der Waals surface area (Å²) in [5.41, 5.74) is 2.93. The Morgan fingerprint density at radius 1 is 0.893 bits per heavy atom. The van der Waals surface area contributed by atoms with Crippen molar-refractivity contribution in [1.82, 2.24) is 0 Å². The molecule has 2 aliphatic carbocycles. The summed E-state index contributed by atoms with van der Waals surface area (Å²) in [6, 6.07) is 9.28. The lowest BCUT2D eigenvalue weighted by Crippen LogP contribution is -2.29. The second-order valence-corrected chi connectivity index (χ2v) is 9.26. The third-order valence-corrected chi connectivity index (χ3v) is 7.10. The number of unbranched alkanes of at least 4 members (excludes halogenated alkanes) is 1. The van der Waals surface area contributed by atoms with Gasteiger partial charge in [0.1, 0.15) is 6.10 Å². The fraction of sp³-hybridized carbons (Fsp3) is 0.731. The Morgan fingerprint density at radius 2 is 1.57 bits per heavy atom. The second kappa shape index (κ2) is 11.0. The van der Waals surface area contributed by atoms with Crippen molar-refractivity contribution in [2.24, 2.45) is 11.8 Å². The van der Waals surface area contributed by atoms with Crippen molar-refractivity contribution in [3.8, 4) is 0 Å². The van der Waals surface area contributed by atoms with E-state index in [4.69, 9.17) is 4.74 Å². The molecule has 1 aromatic rings. The van der Waals surface area contributed by atoms with E-state index < -0.39 is 0 Å². The van der Waals surface area contributed by atoms with Crippen molar-refractivity contribution >= 4 is 5.97 Å². The molecule has 0 aliphatic heterocycles. The first-order chi connectivity index (χ1) is 13.7. The van der Waals surface area contributed by atoms with Crippen molar-refractivity contribution < 1.29 is 9.53 Å². The molecule has 1 aromatic carbocycles. The molecule has 0 spiro atoms. The number of rotatable bonds is 8. The Bertz CT molecular complexity index is 575. The minimum Gasteiger partial charge on any atom is -0.462 e. The molecule has 28 heavy (non-hydrogen) atoms. The van der Waals surface area contributed by atoms with Crippen LogP contribution >= 0.6 is 0 Å². The third-order valence-electron chi connectivity index (χ3n) is 7.10. The molecule has 0 heterocycles. The van der Waals surface area contributed by atoms with Crippen LogP contribution in [0, 0.1) is 11.8 Å². The van der Waals surface area contributed by atoms with Gasteiger partial charge in [0.05, 0.1) is 5.92 Å². The van der Waals surface area contributed by atoms with Crippen molar-refractivity contribution in [3.63, 3.8) is 0 Å². The van der Waals surface area contributed by atoms with Gasteiger partial charge >= 0.3 is 5.97 Å². The Kier molecular flexibility index (Phi) is 8.43. The minimum atomic E-state index is 0.0960. The van der Waals surface area contributed by atoms with Crippen LogP contribution in [0.25, 0.3) is 0 Å². The fourth-order valence-corrected chi connectivity index (χ4v) is 5.21. The van der Waals surface area contributed by atoms with Gasteiger partial charge in [-0.3, -0.25) is 4.79 Å². The Morgan fingerprint density at radius 3 is 2.18 bits per heavy atom. The fourth-order valence-electron chi connectivity index (χ4n) is 5.21. The lowest BCUT2D eigenvalue weighted by atomic mass is 9.80. The first kappa shape index (κ1) is 21.4. The average molecular weight is 385 g/mol. The van der Waals surface area contributed by atoms with E-state index in [1.54, 1.807) is 0 Å². The Labute approximate surface area is 172 Å². The summed E-state index contributed by atoms with van der Waals surface area (Å²) in [6.07, 6.45) is 15.3. The number of carbonyl (C=O) groups is 1. The van der Waals surface area contributed by atoms with Crippen LogP contribution in [0.4, 0.5) is 0 Å². The topological polar surface area (TPSA) is 26.3 Å². The normalized spacial score (nSPS) is 28.1. The smallest absolute Gasteiger partial charge is 0.309 e. The Balaban J connectivity index is 1.40. The van der Waals surface area contributed by atoms with Crippen molar-refractivity contribution in [2.75, 3.05) is 0 Å². The van der Waals surface area contributed by atoms with Gasteiger partial charge in [-0.15, -0.1) is 0 Å². The van der Waals surface area contributed by atoms with Crippen LogP contribution in [0.2, 0.25) is 0 Å². The molecular weight excluding hydrogens is 344 g/mol. The minimum absolute atomic E-state index is 0.0960. The standard InChI is InChI=1S/C26H40O2/c1-3-5-7-21-8-12-22(13-9-21)23-16-18-25(19-17-23)28-26(27)24-14-10-20(6-4-2)11-15-24/h8-9,12-13,20,23-25H,3-7,10-11,14-19H2,1-2H3. The quantitative estimate of drug-likeness (QED) is 0.443. The molecule has 0 saturated heterocycles. The van der Waals surface area contributed by atoms with Crippen LogP contribution in [-0.2, 0) is 16.0 Å². The zero-order valence-electron chi connectivity index (χ0n) is 18.1. The van der Waals surface area contributed by atoms with Crippen LogP contribution < -0.4 is 0 Å². The molecule has 2 heteroatoms. The summed E-state index contributed by atoms with van der Waals surface area (Å²) in [5, 5.41) is 0. The van der Waals surface area contributed by atoms with Gasteiger partial charge in [-0.05, 0) is 87.2 Å². The lowest BCUT2D eigenvalue weighted by molar-refractivity contribution is -0.157. The number of esters is 1. The summed E-state index contributed by atoms with van der Waals surface area (Å²) in [7, 11) is 0. The maximum absolute atomic E-state index is 12.6. The molecule has 3 rings (SSSR count). The molecule has 2 aliphatic rings. The van der Waals surface area contributed by atoms with E-state index in [2.05, 4.69) is 38.1 Å². The number of benzene rings is 1. The van der Waals surface area contributed by atoms with Crippen molar-refractivity contribution in [3.05, 3.63) is 35.4 Å². The lowest BCUT2D eigenvalue weighted by Gasteiger charge is -2.31. The van der Waals surface area contributed by atoms with E-state index in [9.17, 15) is 4.79 Å². The highest BCUT2D eigenvalue weighted by atomic mass is 16.5. The largest absolute Gasteiger partial charge is 0.462 e. The SMILES string of the molecule is CCCCc1ccc(C2CCC(OC(=O)C3CCC(CCC)CC3)CC2)cc1. The van der Waals surface area contributed by atoms with Crippen LogP contribution in [0.3, 0.4) is 0 Å². The third kappa shape index (κ3) is 6.09. The van der Waals surface area contributed by atoms with Gasteiger partial charge in [0.15, 0.2) is 0 Å². The molecule has 2 saturated carbocycles. The molecule has 0 N–H and O–H groups in total. The number of hydrogen-bond acceptors (Lipinski definition) is 2. The van der Waals surface area contributed by atoms with E-state index in [-0.39, 0.29) is 18.0 Å². The van der Waals surface area contributed by atoms with Crippen LogP contribution in [-0.4, -0.2) is 12.1 Å². The van der Waals surface area contributed by atoms with Crippen molar-refractivity contribution in [2.45, 2.75) is 109 Å². The Hall–Kier alpha value is -1.31. The highest BCUT2D eigenvalue weighted by Crippen LogP contribution is 2.36. The first-order valence-corrected chi connectivity index (χ1v) is 12.0. The number of aryl methyl sites for hydroxylation is 1. The van der Waals surface area contributed by atoms with Crippen LogP contribution in [0.15, 0.2) is 24.3 Å². The molecule has 2 fully saturated rings. The predicted octanol–water partition coefficient (Wildman–Crippen LogP) is 7.21. The van der Waals surface area contributed by atoms with Gasteiger partial charge < -0.3 is 4.74 Å². The maximum Gasteiger partial charge on any atom is 0.309 e. The highest BCUT2D eigenvalue weighted by molar-refractivity contribution is 5.72. The van der Waals surface area contributed by atoms with Gasteiger partial charge in [0.25, 0.3) is 0 Å². The van der Waals surface area contributed by atoms with Gasteiger partial charge in [0, 0.05) is 0 Å². The molecule has 0 aromatic heterocycles. The van der Waals surface area contributed by atoms with Gasteiger partial charge in [-0.25, -0.2) is 0 Å². The molecule has 0 amide bonds. The summed E-state index contributed by atoms with van der Waals surface area (Å²) in [6.45, 7) is 4.51. The zero-order valence-corrected chi connectivity index (χ0v) is 18.1. The average Bonchev–Trinajstić information content (AvgIpc) is 2.74. The van der Waals surface area contributed by atoms with Gasteiger partial charge in [0.2, 0.25) is 0 Å². The molecule has 156 valence electrons.